The summed E-state index contributed by atoms with van der Waals surface area (Å²) in [5.41, 5.74) is 0. The van der Waals surface area contributed by atoms with Crippen molar-refractivity contribution in [3.8, 4) is 5.75 Å². The smallest absolute Gasteiger partial charge is 0.407 e. The number of methoxy groups -OCH3 is 1. The van der Waals surface area contributed by atoms with Crippen LogP contribution >= 0.6 is 0 Å². The van der Waals surface area contributed by atoms with Gasteiger partial charge < -0.3 is 20.1 Å². The summed E-state index contributed by atoms with van der Waals surface area (Å²) in [4.78, 5) is 16.6. The van der Waals surface area contributed by atoms with Gasteiger partial charge in [0, 0.05) is 25.4 Å². The van der Waals surface area contributed by atoms with Crippen LogP contribution in [0, 0.1) is 0 Å². The molecule has 1 aliphatic rings. The molecule has 1 amide bonds. The van der Waals surface area contributed by atoms with E-state index in [1.165, 1.54) is 4.90 Å². The molecule has 0 aliphatic carbocycles. The molecule has 1 aromatic rings. The minimum atomic E-state index is -0.849. The second-order valence-corrected chi connectivity index (χ2v) is 4.23. The molecule has 6 heteroatoms. The van der Waals surface area contributed by atoms with Gasteiger partial charge in [-0.15, -0.1) is 0 Å². The number of carbonyl (C=O) groups is 1. The molecule has 1 aromatic heterocycles. The Labute approximate surface area is 106 Å². The Kier molecular flexibility index (Phi) is 3.86. The molecule has 0 bridgehead atoms. The van der Waals surface area contributed by atoms with E-state index in [1.54, 1.807) is 25.4 Å². The van der Waals surface area contributed by atoms with Crippen molar-refractivity contribution in [3.63, 3.8) is 0 Å². The molecule has 0 aromatic carbocycles. The van der Waals surface area contributed by atoms with Gasteiger partial charge in [0.15, 0.2) is 0 Å². The average molecular weight is 251 g/mol. The summed E-state index contributed by atoms with van der Waals surface area (Å²) in [6.07, 6.45) is 2.62. The van der Waals surface area contributed by atoms with Crippen molar-refractivity contribution in [1.82, 2.24) is 9.88 Å². The minimum Gasteiger partial charge on any atom is -0.497 e. The molecular weight excluding hydrogens is 234 g/mol. The van der Waals surface area contributed by atoms with Gasteiger partial charge in [-0.1, -0.05) is 0 Å². The number of rotatable bonds is 4. The standard InChI is InChI=1S/C12H17N3O3/c1-18-10-4-5-13-11(7-10)14-8-9-3-2-6-15(9)12(16)17/h4-5,7,9H,2-3,6,8H2,1H3,(H,13,14)(H,16,17). The van der Waals surface area contributed by atoms with Gasteiger partial charge in [-0.3, -0.25) is 0 Å². The van der Waals surface area contributed by atoms with Gasteiger partial charge in [0.2, 0.25) is 0 Å². The maximum atomic E-state index is 11.0. The van der Waals surface area contributed by atoms with Crippen molar-refractivity contribution in [3.05, 3.63) is 18.3 Å². The molecule has 1 fully saturated rings. The van der Waals surface area contributed by atoms with E-state index >= 15 is 0 Å². The molecule has 1 saturated heterocycles. The van der Waals surface area contributed by atoms with Crippen molar-refractivity contribution in [1.29, 1.82) is 0 Å². The van der Waals surface area contributed by atoms with Crippen LogP contribution in [0.2, 0.25) is 0 Å². The zero-order valence-corrected chi connectivity index (χ0v) is 10.3. The Morgan fingerprint density at radius 2 is 2.56 bits per heavy atom. The third-order valence-corrected chi connectivity index (χ3v) is 3.11. The third-order valence-electron chi connectivity index (χ3n) is 3.11. The molecule has 2 N–H and O–H groups in total. The first-order valence-electron chi connectivity index (χ1n) is 5.94. The number of hydrogen-bond acceptors (Lipinski definition) is 4. The van der Waals surface area contributed by atoms with Gasteiger partial charge in [0.1, 0.15) is 11.6 Å². The molecule has 18 heavy (non-hydrogen) atoms. The average Bonchev–Trinajstić information content (AvgIpc) is 2.85. The van der Waals surface area contributed by atoms with Gasteiger partial charge in [0.25, 0.3) is 0 Å². The van der Waals surface area contributed by atoms with E-state index < -0.39 is 6.09 Å². The van der Waals surface area contributed by atoms with Crippen LogP contribution in [0.3, 0.4) is 0 Å². The first-order chi connectivity index (χ1) is 8.70. The normalized spacial score (nSPS) is 18.7. The number of ether oxygens (including phenoxy) is 1. The summed E-state index contributed by atoms with van der Waals surface area (Å²) in [5, 5.41) is 12.2. The molecule has 0 radical (unpaired) electrons. The van der Waals surface area contributed by atoms with E-state index in [9.17, 15) is 4.79 Å². The SMILES string of the molecule is COc1ccnc(NCC2CCCN2C(=O)O)c1. The van der Waals surface area contributed by atoms with E-state index in [1.807, 2.05) is 0 Å². The fourth-order valence-corrected chi connectivity index (χ4v) is 2.16. The number of likely N-dealkylation sites (tertiary alicyclic amines) is 1. The molecule has 0 saturated carbocycles. The second-order valence-electron chi connectivity index (χ2n) is 4.23. The highest BCUT2D eigenvalue weighted by atomic mass is 16.5. The summed E-state index contributed by atoms with van der Waals surface area (Å²) in [6, 6.07) is 3.58. The number of amides is 1. The fourth-order valence-electron chi connectivity index (χ4n) is 2.16. The van der Waals surface area contributed by atoms with Crippen LogP contribution in [0.15, 0.2) is 18.3 Å². The van der Waals surface area contributed by atoms with Crippen LogP contribution in [0.25, 0.3) is 0 Å². The molecule has 2 heterocycles. The number of carboxylic acid groups (broad SMARTS) is 1. The lowest BCUT2D eigenvalue weighted by molar-refractivity contribution is 0.142. The lowest BCUT2D eigenvalue weighted by atomic mass is 10.2. The predicted octanol–water partition coefficient (Wildman–Crippen LogP) is 1.64. The maximum Gasteiger partial charge on any atom is 0.407 e. The number of hydrogen-bond donors (Lipinski definition) is 2. The van der Waals surface area contributed by atoms with E-state index in [2.05, 4.69) is 10.3 Å². The van der Waals surface area contributed by atoms with Crippen molar-refractivity contribution >= 4 is 11.9 Å². The summed E-state index contributed by atoms with van der Waals surface area (Å²) >= 11 is 0. The molecule has 2 rings (SSSR count). The molecule has 1 atom stereocenters. The Morgan fingerprint density at radius 3 is 3.28 bits per heavy atom. The number of anilines is 1. The summed E-state index contributed by atoms with van der Waals surface area (Å²) in [5.74, 6) is 1.43. The quantitative estimate of drug-likeness (QED) is 0.851. The van der Waals surface area contributed by atoms with Crippen molar-refractivity contribution in [2.75, 3.05) is 25.5 Å². The minimum absolute atomic E-state index is 0.0236. The van der Waals surface area contributed by atoms with E-state index in [4.69, 9.17) is 9.84 Å². The lowest BCUT2D eigenvalue weighted by Gasteiger charge is -2.21. The Bertz CT molecular complexity index is 425. The molecule has 1 aliphatic heterocycles. The Balaban J connectivity index is 1.92. The third kappa shape index (κ3) is 2.82. The van der Waals surface area contributed by atoms with Crippen LogP contribution in [-0.2, 0) is 0 Å². The zero-order chi connectivity index (χ0) is 13.0. The van der Waals surface area contributed by atoms with E-state index in [0.717, 1.165) is 18.6 Å². The topological polar surface area (TPSA) is 74.7 Å². The number of pyridine rings is 1. The summed E-state index contributed by atoms with van der Waals surface area (Å²) < 4.78 is 5.10. The van der Waals surface area contributed by atoms with E-state index in [-0.39, 0.29) is 6.04 Å². The maximum absolute atomic E-state index is 11.0. The van der Waals surface area contributed by atoms with Gasteiger partial charge in [0.05, 0.1) is 13.2 Å². The lowest BCUT2D eigenvalue weighted by Crippen LogP contribution is -2.38. The monoisotopic (exact) mass is 251 g/mol. The first-order valence-corrected chi connectivity index (χ1v) is 5.94. The van der Waals surface area contributed by atoms with Gasteiger partial charge in [-0.05, 0) is 18.9 Å². The largest absolute Gasteiger partial charge is 0.497 e. The van der Waals surface area contributed by atoms with E-state index in [0.29, 0.717) is 18.9 Å². The van der Waals surface area contributed by atoms with Crippen LogP contribution < -0.4 is 10.1 Å². The highest BCUT2D eigenvalue weighted by molar-refractivity contribution is 5.66. The molecule has 1 unspecified atom stereocenters. The van der Waals surface area contributed by atoms with Crippen LogP contribution in [0.5, 0.6) is 5.75 Å². The van der Waals surface area contributed by atoms with Crippen LogP contribution in [0.1, 0.15) is 12.8 Å². The number of nitrogens with zero attached hydrogens (tertiary/aromatic N) is 2. The number of aromatic nitrogens is 1. The fraction of sp³-hybridized carbons (Fsp3) is 0.500. The van der Waals surface area contributed by atoms with Gasteiger partial charge in [-0.2, -0.15) is 0 Å². The predicted molar refractivity (Wildman–Crippen MR) is 67.0 cm³/mol. The van der Waals surface area contributed by atoms with Crippen LogP contribution in [0.4, 0.5) is 10.6 Å². The van der Waals surface area contributed by atoms with Gasteiger partial charge in [-0.25, -0.2) is 9.78 Å². The number of nitrogens with one attached hydrogen (secondary N) is 1. The Morgan fingerprint density at radius 1 is 1.72 bits per heavy atom. The molecule has 6 nitrogen and oxygen atoms in total. The Hall–Kier alpha value is -1.98. The molecule has 0 spiro atoms. The zero-order valence-electron chi connectivity index (χ0n) is 10.3. The van der Waals surface area contributed by atoms with Crippen molar-refractivity contribution < 1.29 is 14.6 Å². The van der Waals surface area contributed by atoms with Crippen LogP contribution in [-0.4, -0.2) is 47.3 Å². The second kappa shape index (κ2) is 5.57. The van der Waals surface area contributed by atoms with Crippen molar-refractivity contribution in [2.45, 2.75) is 18.9 Å². The van der Waals surface area contributed by atoms with Gasteiger partial charge >= 0.3 is 6.09 Å². The molecule has 98 valence electrons. The molecular formula is C12H17N3O3. The highest BCUT2D eigenvalue weighted by Gasteiger charge is 2.28. The van der Waals surface area contributed by atoms with Crippen molar-refractivity contribution in [2.24, 2.45) is 0 Å². The summed E-state index contributed by atoms with van der Waals surface area (Å²) in [7, 11) is 1.60. The first kappa shape index (κ1) is 12.5. The summed E-state index contributed by atoms with van der Waals surface area (Å²) in [6.45, 7) is 1.19. The highest BCUT2D eigenvalue weighted by Crippen LogP contribution is 2.19.